The highest BCUT2D eigenvalue weighted by atomic mass is 35.5. The molecule has 2 aromatic carbocycles. The van der Waals surface area contributed by atoms with Crippen LogP contribution in [-0.4, -0.2) is 5.91 Å². The number of hydrogen-bond acceptors (Lipinski definition) is 2. The summed E-state index contributed by atoms with van der Waals surface area (Å²) < 4.78 is 0. The molecule has 0 aliphatic rings. The average Bonchev–Trinajstić information content (AvgIpc) is 2.38. The maximum absolute atomic E-state index is 12.0. The van der Waals surface area contributed by atoms with E-state index in [0.29, 0.717) is 32.0 Å². The molecule has 1 amide bonds. The second-order valence-corrected chi connectivity index (χ2v) is 4.98. The Labute approximate surface area is 125 Å². The van der Waals surface area contributed by atoms with Gasteiger partial charge in [0.25, 0.3) is 5.91 Å². The third-order valence-corrected chi connectivity index (χ3v) is 3.62. The van der Waals surface area contributed by atoms with Gasteiger partial charge >= 0.3 is 0 Å². The molecule has 0 aliphatic carbocycles. The molecule has 3 N–H and O–H groups in total. The number of nitrogens with one attached hydrogen (secondary N) is 1. The van der Waals surface area contributed by atoms with Crippen LogP contribution in [0.4, 0.5) is 11.4 Å². The Balaban J connectivity index is 2.26. The first-order valence-corrected chi connectivity index (χ1v) is 6.43. The van der Waals surface area contributed by atoms with Gasteiger partial charge in [0.2, 0.25) is 0 Å². The Morgan fingerprint density at radius 2 is 1.79 bits per heavy atom. The Kier molecular flexibility index (Phi) is 4.20. The fourth-order valence-electron chi connectivity index (χ4n) is 1.48. The minimum atomic E-state index is -0.340. The third-order valence-electron chi connectivity index (χ3n) is 2.46. The molecule has 0 fully saturated rings. The number of amides is 1. The lowest BCUT2D eigenvalue weighted by Gasteiger charge is -2.09. The van der Waals surface area contributed by atoms with Gasteiger partial charge in [0.15, 0.2) is 0 Å². The maximum Gasteiger partial charge on any atom is 0.255 e. The van der Waals surface area contributed by atoms with Crippen LogP contribution in [0.1, 0.15) is 10.4 Å². The smallest absolute Gasteiger partial charge is 0.255 e. The molecule has 19 heavy (non-hydrogen) atoms. The van der Waals surface area contributed by atoms with Gasteiger partial charge in [0.1, 0.15) is 0 Å². The van der Waals surface area contributed by atoms with Crippen LogP contribution in [0.2, 0.25) is 15.1 Å². The lowest BCUT2D eigenvalue weighted by atomic mass is 10.2. The summed E-state index contributed by atoms with van der Waals surface area (Å²) in [4.78, 5) is 12.0. The highest BCUT2D eigenvalue weighted by Crippen LogP contribution is 2.30. The fourth-order valence-corrected chi connectivity index (χ4v) is 1.95. The number of halogens is 3. The van der Waals surface area contributed by atoms with E-state index in [2.05, 4.69) is 5.32 Å². The van der Waals surface area contributed by atoms with E-state index in [1.165, 1.54) is 6.07 Å². The summed E-state index contributed by atoms with van der Waals surface area (Å²) >= 11 is 17.7. The van der Waals surface area contributed by atoms with E-state index in [1.54, 1.807) is 30.3 Å². The van der Waals surface area contributed by atoms with Gasteiger partial charge in [-0.25, -0.2) is 0 Å². The van der Waals surface area contributed by atoms with Crippen molar-refractivity contribution in [3.8, 4) is 0 Å². The molecule has 0 heterocycles. The standard InChI is InChI=1S/C13H9Cl3N2O/c14-8-5-4-7(6-10(8)17)13(19)18-11-3-1-2-9(15)12(11)16/h1-6H,17H2,(H,18,19). The molecule has 98 valence electrons. The summed E-state index contributed by atoms with van der Waals surface area (Å²) in [7, 11) is 0. The normalized spacial score (nSPS) is 10.3. The van der Waals surface area contributed by atoms with Crippen molar-refractivity contribution in [2.75, 3.05) is 11.1 Å². The number of nitrogens with two attached hydrogens (primary N) is 1. The second-order valence-electron chi connectivity index (χ2n) is 3.79. The first kappa shape index (κ1) is 14.0. The Hall–Kier alpha value is -1.42. The maximum atomic E-state index is 12.0. The number of hydrogen-bond donors (Lipinski definition) is 2. The first-order valence-electron chi connectivity index (χ1n) is 5.29. The van der Waals surface area contributed by atoms with Crippen molar-refractivity contribution >= 4 is 52.1 Å². The first-order chi connectivity index (χ1) is 8.99. The summed E-state index contributed by atoms with van der Waals surface area (Å²) in [6.45, 7) is 0. The number of rotatable bonds is 2. The van der Waals surface area contributed by atoms with Crippen molar-refractivity contribution in [2.45, 2.75) is 0 Å². The molecule has 2 aromatic rings. The van der Waals surface area contributed by atoms with E-state index >= 15 is 0 Å². The SMILES string of the molecule is Nc1cc(C(=O)Nc2cccc(Cl)c2Cl)ccc1Cl. The van der Waals surface area contributed by atoms with Gasteiger partial charge in [-0.3, -0.25) is 4.79 Å². The van der Waals surface area contributed by atoms with E-state index < -0.39 is 0 Å². The molecule has 2 rings (SSSR count). The van der Waals surface area contributed by atoms with Crippen molar-refractivity contribution in [1.29, 1.82) is 0 Å². The average molecular weight is 316 g/mol. The van der Waals surface area contributed by atoms with Gasteiger partial charge < -0.3 is 11.1 Å². The number of benzene rings is 2. The molecule has 0 bridgehead atoms. The zero-order valence-corrected chi connectivity index (χ0v) is 11.9. The van der Waals surface area contributed by atoms with Crippen molar-refractivity contribution in [1.82, 2.24) is 0 Å². The van der Waals surface area contributed by atoms with E-state index in [9.17, 15) is 4.79 Å². The lowest BCUT2D eigenvalue weighted by Crippen LogP contribution is -2.12. The van der Waals surface area contributed by atoms with E-state index in [1.807, 2.05) is 0 Å². The minimum absolute atomic E-state index is 0.291. The highest BCUT2D eigenvalue weighted by Gasteiger charge is 2.11. The van der Waals surface area contributed by atoms with E-state index in [0.717, 1.165) is 0 Å². The molecule has 0 atom stereocenters. The van der Waals surface area contributed by atoms with Crippen LogP contribution in [0.25, 0.3) is 0 Å². The molecule has 0 saturated carbocycles. The zero-order chi connectivity index (χ0) is 14.0. The summed E-state index contributed by atoms with van der Waals surface area (Å²) in [5, 5.41) is 3.72. The predicted octanol–water partition coefficient (Wildman–Crippen LogP) is 4.48. The van der Waals surface area contributed by atoms with Crippen LogP contribution in [-0.2, 0) is 0 Å². The van der Waals surface area contributed by atoms with Crippen molar-refractivity contribution in [3.63, 3.8) is 0 Å². The predicted molar refractivity (Wildman–Crippen MR) is 80.3 cm³/mol. The van der Waals surface area contributed by atoms with Crippen molar-refractivity contribution in [3.05, 3.63) is 57.0 Å². The molecule has 0 aromatic heterocycles. The Bertz CT molecular complexity index is 644. The summed E-state index contributed by atoms with van der Waals surface area (Å²) in [6, 6.07) is 9.62. The molecule has 0 aliphatic heterocycles. The van der Waals surface area contributed by atoms with Gasteiger partial charge in [0, 0.05) is 5.56 Å². The van der Waals surface area contributed by atoms with Crippen LogP contribution in [0.3, 0.4) is 0 Å². The molecular weight excluding hydrogens is 307 g/mol. The monoisotopic (exact) mass is 314 g/mol. The molecule has 6 heteroatoms. The topological polar surface area (TPSA) is 55.1 Å². The van der Waals surface area contributed by atoms with E-state index in [4.69, 9.17) is 40.5 Å². The van der Waals surface area contributed by atoms with Crippen LogP contribution < -0.4 is 11.1 Å². The van der Waals surface area contributed by atoms with Crippen LogP contribution in [0.15, 0.2) is 36.4 Å². The van der Waals surface area contributed by atoms with Gasteiger partial charge in [0.05, 0.1) is 26.4 Å². The summed E-state index contributed by atoms with van der Waals surface area (Å²) in [5.41, 5.74) is 6.81. The van der Waals surface area contributed by atoms with Gasteiger partial charge in [-0.1, -0.05) is 40.9 Å². The number of nitrogen functional groups attached to an aromatic ring is 1. The Morgan fingerprint density at radius 1 is 1.05 bits per heavy atom. The number of carbonyl (C=O) groups is 1. The van der Waals surface area contributed by atoms with Gasteiger partial charge in [-0.2, -0.15) is 0 Å². The number of carbonyl (C=O) groups excluding carboxylic acids is 1. The second kappa shape index (κ2) is 5.70. The number of anilines is 2. The quantitative estimate of drug-likeness (QED) is 0.803. The zero-order valence-electron chi connectivity index (χ0n) is 9.58. The van der Waals surface area contributed by atoms with Crippen molar-refractivity contribution in [2.24, 2.45) is 0 Å². The third kappa shape index (κ3) is 3.13. The summed E-state index contributed by atoms with van der Waals surface area (Å²) in [6.07, 6.45) is 0. The summed E-state index contributed by atoms with van der Waals surface area (Å²) in [5.74, 6) is -0.340. The molecule has 0 spiro atoms. The van der Waals surface area contributed by atoms with Crippen LogP contribution >= 0.6 is 34.8 Å². The van der Waals surface area contributed by atoms with Crippen molar-refractivity contribution < 1.29 is 4.79 Å². The van der Waals surface area contributed by atoms with Gasteiger partial charge in [-0.15, -0.1) is 0 Å². The molecule has 3 nitrogen and oxygen atoms in total. The van der Waals surface area contributed by atoms with Gasteiger partial charge in [-0.05, 0) is 30.3 Å². The van der Waals surface area contributed by atoms with Crippen LogP contribution in [0.5, 0.6) is 0 Å². The lowest BCUT2D eigenvalue weighted by molar-refractivity contribution is 0.102. The molecule has 0 radical (unpaired) electrons. The highest BCUT2D eigenvalue weighted by molar-refractivity contribution is 6.44. The van der Waals surface area contributed by atoms with Crippen LogP contribution in [0, 0.1) is 0 Å². The fraction of sp³-hybridized carbons (Fsp3) is 0. The molecular formula is C13H9Cl3N2O. The molecule has 0 unspecified atom stereocenters. The largest absolute Gasteiger partial charge is 0.398 e. The van der Waals surface area contributed by atoms with E-state index in [-0.39, 0.29) is 5.91 Å². The molecule has 0 saturated heterocycles. The Morgan fingerprint density at radius 3 is 2.47 bits per heavy atom. The minimum Gasteiger partial charge on any atom is -0.398 e.